The first-order valence-corrected chi connectivity index (χ1v) is 8.67. The lowest BCUT2D eigenvalue weighted by Gasteiger charge is -2.21. The predicted molar refractivity (Wildman–Crippen MR) is 84.6 cm³/mol. The lowest BCUT2D eigenvalue weighted by Crippen LogP contribution is -2.29. The Bertz CT molecular complexity index is 558. The number of rotatable bonds is 4. The molecule has 0 atom stereocenters. The van der Waals surface area contributed by atoms with Gasteiger partial charge in [-0.2, -0.15) is 0 Å². The van der Waals surface area contributed by atoms with Crippen molar-refractivity contribution < 1.29 is 13.4 Å². The molecular weight excluding hydrogens is 297 g/mol. The Balaban J connectivity index is 0.000000254. The van der Waals surface area contributed by atoms with Gasteiger partial charge in [0.1, 0.15) is 11.4 Å². The Kier molecular flexibility index (Phi) is 4.31. The van der Waals surface area contributed by atoms with Crippen molar-refractivity contribution in [1.29, 1.82) is 0 Å². The van der Waals surface area contributed by atoms with Crippen molar-refractivity contribution in [3.05, 3.63) is 23.2 Å². The fraction of sp³-hybridized carbons (Fsp3) is 0.600. The summed E-state index contributed by atoms with van der Waals surface area (Å²) in [5.41, 5.74) is 1.89. The average Bonchev–Trinajstić information content (AvgIpc) is 3.34. The first-order chi connectivity index (χ1) is 10.5. The zero-order chi connectivity index (χ0) is 15.9. The van der Waals surface area contributed by atoms with Crippen molar-refractivity contribution in [3.63, 3.8) is 0 Å². The Morgan fingerprint density at radius 1 is 0.955 bits per heavy atom. The second-order valence-electron chi connectivity index (χ2n) is 6.17. The second kappa shape index (κ2) is 6.07. The van der Waals surface area contributed by atoms with Gasteiger partial charge in [-0.3, -0.25) is 9.59 Å². The van der Waals surface area contributed by atoms with E-state index in [-0.39, 0.29) is 11.6 Å². The summed E-state index contributed by atoms with van der Waals surface area (Å²) < 4.78 is 4.89. The van der Waals surface area contributed by atoms with Gasteiger partial charge >= 0.3 is 16.6 Å². The monoisotopic (exact) mass is 319 g/mol. The molecule has 0 bridgehead atoms. The molecule has 118 valence electrons. The molecule has 0 saturated carbocycles. The van der Waals surface area contributed by atoms with E-state index in [0.717, 1.165) is 55.9 Å². The molecular formula is C15H22AlN3O3. The number of Topliss-reactive ketones (excluding diaryl/α,β-unsaturated/α-hetero) is 1. The van der Waals surface area contributed by atoms with Gasteiger partial charge in [0.15, 0.2) is 0 Å². The van der Waals surface area contributed by atoms with E-state index >= 15 is 0 Å². The molecule has 0 spiro atoms. The van der Waals surface area contributed by atoms with Gasteiger partial charge in [0.2, 0.25) is 11.6 Å². The molecule has 6 nitrogen and oxygen atoms in total. The fourth-order valence-corrected chi connectivity index (χ4v) is 2.28. The minimum absolute atomic E-state index is 0.00546. The number of hydrogen-bond acceptors (Lipinski definition) is 6. The van der Waals surface area contributed by atoms with Crippen molar-refractivity contribution in [2.24, 2.45) is 0 Å². The molecule has 0 aromatic carbocycles. The fourth-order valence-electron chi connectivity index (χ4n) is 2.28. The van der Waals surface area contributed by atoms with Crippen LogP contribution in [0.25, 0.3) is 0 Å². The predicted octanol–water partition coefficient (Wildman–Crippen LogP) is -0.860. The molecule has 7 heteroatoms. The molecule has 0 N–H and O–H groups in total. The van der Waals surface area contributed by atoms with Crippen molar-refractivity contribution in [1.82, 2.24) is 14.7 Å². The summed E-state index contributed by atoms with van der Waals surface area (Å²) in [5, 5.41) is 0. The van der Waals surface area contributed by atoms with Crippen molar-refractivity contribution in [2.45, 2.75) is 20.0 Å². The van der Waals surface area contributed by atoms with E-state index in [4.69, 9.17) is 3.79 Å². The summed E-state index contributed by atoms with van der Waals surface area (Å²) in [7, 11) is 0. The largest absolute Gasteiger partial charge is 0.504 e. The van der Waals surface area contributed by atoms with Crippen LogP contribution in [0.4, 0.5) is 0 Å². The summed E-state index contributed by atoms with van der Waals surface area (Å²) in [6, 6.07) is 0. The average molecular weight is 319 g/mol. The van der Waals surface area contributed by atoms with Crippen LogP contribution in [0.5, 0.6) is 0 Å². The maximum absolute atomic E-state index is 12.4. The topological polar surface area (TPSA) is 52.4 Å². The molecule has 3 heterocycles. The summed E-state index contributed by atoms with van der Waals surface area (Å²) >= 11 is 0.873. The van der Waals surface area contributed by atoms with E-state index in [1.54, 1.807) is 0 Å². The number of nitrogens with zero attached hydrogens (tertiary/aromatic N) is 3. The van der Waals surface area contributed by atoms with Gasteiger partial charge in [-0.25, -0.2) is 0 Å². The van der Waals surface area contributed by atoms with Gasteiger partial charge in [-0.15, -0.1) is 0 Å². The van der Waals surface area contributed by atoms with Crippen LogP contribution in [-0.2, 0) is 13.4 Å². The third kappa shape index (κ3) is 3.37. The second-order valence-corrected chi connectivity index (χ2v) is 6.64. The van der Waals surface area contributed by atoms with Gasteiger partial charge in [-0.1, -0.05) is 0 Å². The molecule has 0 amide bonds. The molecule has 22 heavy (non-hydrogen) atoms. The highest BCUT2D eigenvalue weighted by atomic mass is 27.1. The molecule has 3 fully saturated rings. The van der Waals surface area contributed by atoms with Crippen LogP contribution < -0.4 is 0 Å². The SMILES string of the molecule is CC(C)[O][AlH2].O=C1C=C(N2CC2)C(=O)C(N2CC2)=C1N1CC1. The van der Waals surface area contributed by atoms with Crippen LogP contribution in [0.3, 0.4) is 0 Å². The van der Waals surface area contributed by atoms with Crippen molar-refractivity contribution in [2.75, 3.05) is 39.3 Å². The molecule has 0 aromatic heterocycles. The zero-order valence-corrected chi connectivity index (χ0v) is 15.5. The van der Waals surface area contributed by atoms with Crippen LogP contribution in [0.2, 0.25) is 0 Å². The van der Waals surface area contributed by atoms with E-state index in [9.17, 15) is 9.59 Å². The zero-order valence-electron chi connectivity index (χ0n) is 13.5. The highest BCUT2D eigenvalue weighted by Gasteiger charge is 2.43. The molecule has 3 aliphatic heterocycles. The van der Waals surface area contributed by atoms with Gasteiger partial charge in [0.25, 0.3) is 0 Å². The molecule has 3 saturated heterocycles. The summed E-state index contributed by atoms with van der Waals surface area (Å²) in [6.45, 7) is 9.48. The lowest BCUT2D eigenvalue weighted by molar-refractivity contribution is -0.117. The normalized spacial score (nSPS) is 22.7. The molecule has 0 unspecified atom stereocenters. The number of carbonyl (C=O) groups is 2. The van der Waals surface area contributed by atoms with Crippen LogP contribution in [-0.4, -0.2) is 88.3 Å². The smallest absolute Gasteiger partial charge is 0.410 e. The van der Waals surface area contributed by atoms with E-state index in [0.29, 0.717) is 23.2 Å². The summed E-state index contributed by atoms with van der Waals surface area (Å²) in [6.07, 6.45) is 1.97. The van der Waals surface area contributed by atoms with Crippen molar-refractivity contribution in [3.8, 4) is 0 Å². The highest BCUT2D eigenvalue weighted by molar-refractivity contribution is 6.22. The molecule has 0 radical (unpaired) electrons. The van der Waals surface area contributed by atoms with Crippen molar-refractivity contribution >= 4 is 28.2 Å². The van der Waals surface area contributed by atoms with E-state index in [2.05, 4.69) is 0 Å². The summed E-state index contributed by atoms with van der Waals surface area (Å²) in [5.74, 6) is 0.0485. The molecule has 0 aromatic rings. The van der Waals surface area contributed by atoms with E-state index in [1.807, 2.05) is 28.5 Å². The molecule has 1 aliphatic carbocycles. The van der Waals surface area contributed by atoms with Crippen LogP contribution in [0.1, 0.15) is 13.8 Å². The Morgan fingerprint density at radius 2 is 1.41 bits per heavy atom. The molecule has 4 rings (SSSR count). The lowest BCUT2D eigenvalue weighted by atomic mass is 10.0. The number of ketones is 2. The van der Waals surface area contributed by atoms with Crippen LogP contribution in [0.15, 0.2) is 23.2 Å². The van der Waals surface area contributed by atoms with Crippen LogP contribution >= 0.6 is 0 Å². The third-order valence-electron chi connectivity index (χ3n) is 3.96. The van der Waals surface area contributed by atoms with Gasteiger partial charge in [-0.05, 0) is 13.8 Å². The minimum atomic E-state index is 0.00546. The maximum Gasteiger partial charge on any atom is 0.410 e. The standard InChI is InChI=1S/C12H13N3O2.C3H7O.Al.2H/c16-9-7-8(13-1-2-13)12(17)11(15-5-6-15)10(9)14-3-4-14;1-3(2)4;;;/h7H,1-6H2;3H,1-2H3;;;/q;-1;+1;;. The minimum Gasteiger partial charge on any atom is -0.504 e. The van der Waals surface area contributed by atoms with Gasteiger partial charge in [0, 0.05) is 51.4 Å². The first kappa shape index (κ1) is 15.6. The van der Waals surface area contributed by atoms with Gasteiger partial charge in [0.05, 0.1) is 5.70 Å². The first-order valence-electron chi connectivity index (χ1n) is 7.85. The Labute approximate surface area is 139 Å². The number of hydrogen-bond donors (Lipinski definition) is 0. The summed E-state index contributed by atoms with van der Waals surface area (Å²) in [4.78, 5) is 30.5. The highest BCUT2D eigenvalue weighted by Crippen LogP contribution is 2.33. The number of carbonyl (C=O) groups excluding carboxylic acids is 2. The van der Waals surface area contributed by atoms with E-state index in [1.165, 1.54) is 6.08 Å². The molecule has 4 aliphatic rings. The number of allylic oxidation sites excluding steroid dienone is 1. The van der Waals surface area contributed by atoms with Gasteiger partial charge < -0.3 is 18.5 Å². The van der Waals surface area contributed by atoms with E-state index < -0.39 is 0 Å². The Morgan fingerprint density at radius 3 is 1.82 bits per heavy atom. The van der Waals surface area contributed by atoms with Crippen LogP contribution in [0, 0.1) is 0 Å². The maximum atomic E-state index is 12.4. The quantitative estimate of drug-likeness (QED) is 0.382. The Hall–Kier alpha value is -1.29. The third-order valence-corrected chi connectivity index (χ3v) is 4.90.